The van der Waals surface area contributed by atoms with Crippen LogP contribution in [0.15, 0.2) is 76.6 Å². The van der Waals surface area contributed by atoms with E-state index in [0.717, 1.165) is 11.8 Å². The third-order valence-electron chi connectivity index (χ3n) is 3.04. The number of nitrogens with one attached hydrogen (secondary N) is 1. The second-order valence-corrected chi connectivity index (χ2v) is 6.37. The van der Waals surface area contributed by atoms with Crippen LogP contribution in [0.1, 0.15) is 5.56 Å². The van der Waals surface area contributed by atoms with E-state index in [1.807, 2.05) is 30.3 Å². The Balaban J connectivity index is 1.78. The minimum absolute atomic E-state index is 0.0252. The number of aromatic nitrogens is 1. The molecule has 0 radical (unpaired) electrons. The lowest BCUT2D eigenvalue weighted by Crippen LogP contribution is -2.14. The zero-order valence-electron chi connectivity index (χ0n) is 12.0. The molecule has 0 aliphatic carbocycles. The smallest absolute Gasteiger partial charge is 0.266 e. The fraction of sp³-hybridized carbons (Fsp3) is 0.0625. The van der Waals surface area contributed by atoms with Gasteiger partial charge in [0, 0.05) is 6.20 Å². The van der Waals surface area contributed by atoms with Crippen molar-refractivity contribution < 1.29 is 17.6 Å². The maximum atomic E-state index is 12.2. The van der Waals surface area contributed by atoms with Crippen LogP contribution in [0, 0.1) is 0 Å². The van der Waals surface area contributed by atoms with Gasteiger partial charge in [-0.3, -0.25) is 4.72 Å². The third-order valence-corrected chi connectivity index (χ3v) is 4.36. The van der Waals surface area contributed by atoms with Gasteiger partial charge in [0.05, 0.1) is 6.26 Å². The first-order chi connectivity index (χ1) is 11.1. The van der Waals surface area contributed by atoms with Crippen molar-refractivity contribution in [1.82, 2.24) is 4.98 Å². The Bertz CT molecular complexity index is 862. The monoisotopic (exact) mass is 330 g/mol. The minimum Gasteiger partial charge on any atom is -0.485 e. The van der Waals surface area contributed by atoms with Crippen molar-refractivity contribution in [3.8, 4) is 5.75 Å². The second kappa shape index (κ2) is 6.53. The Morgan fingerprint density at radius 2 is 1.91 bits per heavy atom. The molecule has 23 heavy (non-hydrogen) atoms. The van der Waals surface area contributed by atoms with Gasteiger partial charge in [0.2, 0.25) is 0 Å². The van der Waals surface area contributed by atoms with E-state index in [1.165, 1.54) is 18.5 Å². The van der Waals surface area contributed by atoms with Crippen molar-refractivity contribution >= 4 is 15.8 Å². The van der Waals surface area contributed by atoms with Crippen molar-refractivity contribution in [1.29, 1.82) is 0 Å². The van der Waals surface area contributed by atoms with Gasteiger partial charge in [0.1, 0.15) is 17.8 Å². The Labute approximate surface area is 133 Å². The normalized spacial score (nSPS) is 11.1. The van der Waals surface area contributed by atoms with Crippen LogP contribution in [0.3, 0.4) is 0 Å². The quantitative estimate of drug-likeness (QED) is 0.751. The molecule has 1 N–H and O–H groups in total. The van der Waals surface area contributed by atoms with Gasteiger partial charge < -0.3 is 9.15 Å². The summed E-state index contributed by atoms with van der Waals surface area (Å²) in [6.07, 6.45) is 3.93. The van der Waals surface area contributed by atoms with Crippen LogP contribution in [0.25, 0.3) is 0 Å². The van der Waals surface area contributed by atoms with Gasteiger partial charge in [-0.15, -0.1) is 0 Å². The molecule has 0 bridgehead atoms. The lowest BCUT2D eigenvalue weighted by Gasteiger charge is -2.12. The average Bonchev–Trinajstić information content (AvgIpc) is 3.10. The fourth-order valence-corrected chi connectivity index (χ4v) is 2.85. The summed E-state index contributed by atoms with van der Waals surface area (Å²) in [6.45, 7) is 0.312. The van der Waals surface area contributed by atoms with Gasteiger partial charge in [0.25, 0.3) is 10.0 Å². The van der Waals surface area contributed by atoms with E-state index >= 15 is 0 Å². The van der Waals surface area contributed by atoms with Gasteiger partial charge >= 0.3 is 0 Å². The molecule has 0 fully saturated rings. The second-order valence-electron chi connectivity index (χ2n) is 4.69. The zero-order valence-corrected chi connectivity index (χ0v) is 12.9. The molecule has 0 saturated heterocycles. The predicted molar refractivity (Wildman–Crippen MR) is 84.5 cm³/mol. The van der Waals surface area contributed by atoms with Crippen molar-refractivity contribution in [2.24, 2.45) is 0 Å². The maximum Gasteiger partial charge on any atom is 0.266 e. The zero-order chi connectivity index (χ0) is 16.1. The van der Waals surface area contributed by atoms with Crippen molar-refractivity contribution in [3.05, 3.63) is 72.8 Å². The molecule has 3 aromatic rings. The summed E-state index contributed by atoms with van der Waals surface area (Å²) in [4.78, 5) is 4.07. The van der Waals surface area contributed by atoms with Crippen LogP contribution in [0.4, 0.5) is 5.82 Å². The fourth-order valence-electron chi connectivity index (χ4n) is 1.91. The molecular formula is C16H14N2O4S. The van der Waals surface area contributed by atoms with Crippen molar-refractivity contribution in [2.45, 2.75) is 11.5 Å². The topological polar surface area (TPSA) is 81.4 Å². The largest absolute Gasteiger partial charge is 0.485 e. The summed E-state index contributed by atoms with van der Waals surface area (Å²) in [5.74, 6) is 0.480. The van der Waals surface area contributed by atoms with Crippen LogP contribution >= 0.6 is 0 Å². The van der Waals surface area contributed by atoms with E-state index in [9.17, 15) is 8.42 Å². The van der Waals surface area contributed by atoms with Gasteiger partial charge in [0.15, 0.2) is 11.6 Å². The standard InChI is InChI=1S/C16H14N2O4S/c19-23(20,14-8-10-21-12-14)18-16-15(7-4-9-17-16)22-11-13-5-2-1-3-6-13/h1-10,12H,11H2,(H,17,18). The number of nitrogens with zero attached hydrogens (tertiary/aromatic N) is 1. The first-order valence-electron chi connectivity index (χ1n) is 6.82. The Morgan fingerprint density at radius 3 is 2.65 bits per heavy atom. The first kappa shape index (κ1) is 15.1. The summed E-state index contributed by atoms with van der Waals surface area (Å²) < 4.78 is 37.3. The van der Waals surface area contributed by atoms with E-state index in [2.05, 4.69) is 9.71 Å². The number of rotatable bonds is 6. The summed E-state index contributed by atoms with van der Waals surface area (Å²) >= 11 is 0. The highest BCUT2D eigenvalue weighted by Gasteiger charge is 2.18. The molecule has 2 aromatic heterocycles. The molecule has 118 valence electrons. The Hall–Kier alpha value is -2.80. The number of ether oxygens (including phenoxy) is 1. The van der Waals surface area contributed by atoms with Crippen LogP contribution in [0.2, 0.25) is 0 Å². The van der Waals surface area contributed by atoms with Crippen LogP contribution in [-0.2, 0) is 16.6 Å². The summed E-state index contributed by atoms with van der Waals surface area (Å²) in [5.41, 5.74) is 0.972. The molecule has 0 spiro atoms. The summed E-state index contributed by atoms with van der Waals surface area (Å²) in [6, 6.07) is 14.3. The number of benzene rings is 1. The number of hydrogen-bond acceptors (Lipinski definition) is 5. The Morgan fingerprint density at radius 1 is 1.09 bits per heavy atom. The molecule has 0 amide bonds. The minimum atomic E-state index is -3.76. The molecule has 3 rings (SSSR count). The molecule has 0 saturated carbocycles. The molecular weight excluding hydrogens is 316 g/mol. The number of sulfonamides is 1. The molecule has 2 heterocycles. The van der Waals surface area contributed by atoms with Gasteiger partial charge in [-0.1, -0.05) is 30.3 Å². The third kappa shape index (κ3) is 3.70. The lowest BCUT2D eigenvalue weighted by atomic mass is 10.2. The molecule has 0 unspecified atom stereocenters. The summed E-state index contributed by atoms with van der Waals surface area (Å²) in [5, 5.41) is 0. The Kier molecular flexibility index (Phi) is 4.29. The molecule has 0 aliphatic rings. The van der Waals surface area contributed by atoms with E-state index in [0.29, 0.717) is 12.4 Å². The highest BCUT2D eigenvalue weighted by molar-refractivity contribution is 7.92. The van der Waals surface area contributed by atoms with E-state index < -0.39 is 10.0 Å². The van der Waals surface area contributed by atoms with E-state index in [4.69, 9.17) is 9.15 Å². The predicted octanol–water partition coefficient (Wildman–Crippen LogP) is 3.05. The number of pyridine rings is 1. The van der Waals surface area contributed by atoms with Crippen LogP contribution in [-0.4, -0.2) is 13.4 Å². The highest BCUT2D eigenvalue weighted by Crippen LogP contribution is 2.25. The number of furan rings is 1. The summed E-state index contributed by atoms with van der Waals surface area (Å²) in [7, 11) is -3.76. The highest BCUT2D eigenvalue weighted by atomic mass is 32.2. The van der Waals surface area contributed by atoms with Crippen LogP contribution in [0.5, 0.6) is 5.75 Å². The van der Waals surface area contributed by atoms with E-state index in [-0.39, 0.29) is 10.7 Å². The maximum absolute atomic E-state index is 12.2. The number of anilines is 1. The van der Waals surface area contributed by atoms with Gasteiger partial charge in [-0.2, -0.15) is 0 Å². The molecule has 0 atom stereocenters. The van der Waals surface area contributed by atoms with E-state index in [1.54, 1.807) is 12.1 Å². The van der Waals surface area contributed by atoms with Gasteiger partial charge in [-0.05, 0) is 23.8 Å². The van der Waals surface area contributed by atoms with Crippen molar-refractivity contribution in [2.75, 3.05) is 4.72 Å². The SMILES string of the molecule is O=S(=O)(Nc1ncccc1OCc1ccccc1)c1ccoc1. The average molecular weight is 330 g/mol. The van der Waals surface area contributed by atoms with Crippen LogP contribution < -0.4 is 9.46 Å². The molecule has 7 heteroatoms. The van der Waals surface area contributed by atoms with Crippen molar-refractivity contribution in [3.63, 3.8) is 0 Å². The molecule has 1 aromatic carbocycles. The first-order valence-corrected chi connectivity index (χ1v) is 8.30. The lowest BCUT2D eigenvalue weighted by molar-refractivity contribution is 0.307. The molecule has 0 aliphatic heterocycles. The molecule has 6 nitrogen and oxygen atoms in total. The number of hydrogen-bond donors (Lipinski definition) is 1. The van der Waals surface area contributed by atoms with Gasteiger partial charge in [-0.25, -0.2) is 13.4 Å².